The Kier molecular flexibility index (Phi) is 3.52. The lowest BCUT2D eigenvalue weighted by molar-refractivity contribution is -0.113. The number of nitrogens with zero attached hydrogens (tertiary/aromatic N) is 3. The topological polar surface area (TPSA) is 83.6 Å². The second kappa shape index (κ2) is 5.30. The zero-order chi connectivity index (χ0) is 13.2. The van der Waals surface area contributed by atoms with Crippen molar-refractivity contribution in [3.8, 4) is 0 Å². The molecule has 0 aromatic carbocycles. The molecular formula is C11H13N5OS2. The van der Waals surface area contributed by atoms with E-state index in [1.165, 1.54) is 35.9 Å². The molecule has 0 spiro atoms. The van der Waals surface area contributed by atoms with Gasteiger partial charge in [-0.3, -0.25) is 9.89 Å². The molecule has 3 rings (SSSR count). The van der Waals surface area contributed by atoms with Crippen molar-refractivity contribution < 1.29 is 4.79 Å². The second-order valence-electron chi connectivity index (χ2n) is 4.41. The van der Waals surface area contributed by atoms with E-state index in [4.69, 9.17) is 0 Å². The molecule has 2 aromatic heterocycles. The third kappa shape index (κ3) is 3.32. The lowest BCUT2D eigenvalue weighted by atomic mass is 10.4. The minimum Gasteiger partial charge on any atom is -0.301 e. The first-order valence-corrected chi connectivity index (χ1v) is 7.84. The molecule has 2 aromatic rings. The molecular weight excluding hydrogens is 282 g/mol. The molecule has 0 radical (unpaired) electrons. The fourth-order valence-electron chi connectivity index (χ4n) is 1.56. The maximum Gasteiger partial charge on any atom is 0.236 e. The molecule has 2 heterocycles. The number of hydrogen-bond acceptors (Lipinski definition) is 6. The predicted molar refractivity (Wildman–Crippen MR) is 74.6 cm³/mol. The highest BCUT2D eigenvalue weighted by Gasteiger charge is 2.27. The number of nitrogens with one attached hydrogen (secondary N) is 2. The average molecular weight is 295 g/mol. The molecule has 0 unspecified atom stereocenters. The molecule has 1 saturated carbocycles. The molecule has 1 aliphatic carbocycles. The third-order valence-corrected chi connectivity index (χ3v) is 4.37. The van der Waals surface area contributed by atoms with Crippen LogP contribution < -0.4 is 5.32 Å². The first kappa shape index (κ1) is 12.6. The average Bonchev–Trinajstić information content (AvgIpc) is 2.99. The molecule has 0 aliphatic heterocycles. The number of aromatic nitrogens is 4. The fraction of sp³-hybridized carbons (Fsp3) is 0.455. The first-order valence-electron chi connectivity index (χ1n) is 5.98. The summed E-state index contributed by atoms with van der Waals surface area (Å²) in [7, 11) is 0. The number of thioether (sulfide) groups is 1. The van der Waals surface area contributed by atoms with E-state index < -0.39 is 0 Å². The van der Waals surface area contributed by atoms with Gasteiger partial charge in [-0.15, -0.1) is 16.4 Å². The number of H-pyrrole nitrogens is 1. The molecule has 100 valence electrons. The Morgan fingerprint density at radius 1 is 1.58 bits per heavy atom. The molecule has 0 bridgehead atoms. The molecule has 6 nitrogen and oxygen atoms in total. The van der Waals surface area contributed by atoms with E-state index in [2.05, 4.69) is 25.5 Å². The molecule has 0 saturated heterocycles. The number of hydrogen-bond donors (Lipinski definition) is 2. The highest BCUT2D eigenvalue weighted by Crippen LogP contribution is 2.38. The first-order chi connectivity index (χ1) is 9.20. The molecule has 8 heteroatoms. The van der Waals surface area contributed by atoms with Crippen molar-refractivity contribution in [1.82, 2.24) is 20.2 Å². The monoisotopic (exact) mass is 295 g/mol. The summed E-state index contributed by atoms with van der Waals surface area (Å²) in [6.07, 6.45) is 2.37. The number of aromatic amines is 1. The van der Waals surface area contributed by atoms with Crippen LogP contribution in [-0.4, -0.2) is 31.8 Å². The van der Waals surface area contributed by atoms with Gasteiger partial charge in [0, 0.05) is 11.3 Å². The molecule has 0 atom stereocenters. The summed E-state index contributed by atoms with van der Waals surface area (Å²) in [4.78, 5) is 20.3. The molecule has 1 amide bonds. The van der Waals surface area contributed by atoms with Crippen molar-refractivity contribution >= 4 is 34.1 Å². The predicted octanol–water partition coefficient (Wildman–Crippen LogP) is 2.18. The number of thiazole rings is 1. The van der Waals surface area contributed by atoms with Gasteiger partial charge in [0.2, 0.25) is 11.1 Å². The maximum absolute atomic E-state index is 11.7. The summed E-state index contributed by atoms with van der Waals surface area (Å²) < 4.78 is 0. The summed E-state index contributed by atoms with van der Waals surface area (Å²) in [6.45, 7) is 1.90. The fourth-order valence-corrected chi connectivity index (χ4v) is 2.87. The van der Waals surface area contributed by atoms with Crippen molar-refractivity contribution in [2.45, 2.75) is 30.8 Å². The van der Waals surface area contributed by atoms with Gasteiger partial charge in [-0.05, 0) is 19.8 Å². The van der Waals surface area contributed by atoms with Crippen molar-refractivity contribution in [1.29, 1.82) is 0 Å². The van der Waals surface area contributed by atoms with Gasteiger partial charge in [-0.25, -0.2) is 9.97 Å². The molecule has 1 fully saturated rings. The highest BCUT2D eigenvalue weighted by molar-refractivity contribution is 7.99. The van der Waals surface area contributed by atoms with Crippen LogP contribution in [0.2, 0.25) is 0 Å². The summed E-state index contributed by atoms with van der Waals surface area (Å²) in [5, 5.41) is 12.9. The summed E-state index contributed by atoms with van der Waals surface area (Å²) in [5.41, 5.74) is 0.913. The summed E-state index contributed by atoms with van der Waals surface area (Å²) >= 11 is 2.76. The van der Waals surface area contributed by atoms with E-state index >= 15 is 0 Å². The van der Waals surface area contributed by atoms with Crippen LogP contribution in [0.3, 0.4) is 0 Å². The van der Waals surface area contributed by atoms with Gasteiger partial charge in [0.25, 0.3) is 0 Å². The number of aryl methyl sites for hydroxylation is 1. The summed E-state index contributed by atoms with van der Waals surface area (Å²) in [5.74, 6) is 1.70. The van der Waals surface area contributed by atoms with Gasteiger partial charge in [-0.2, -0.15) is 0 Å². The standard InChI is InChI=1S/C11H13N5OS2/c1-6-4-18-10(12-6)13-8(17)5-19-11-14-9(15-16-11)7-2-3-7/h4,7H,2-3,5H2,1H3,(H,12,13,17)(H,14,15,16). The van der Waals surface area contributed by atoms with Gasteiger partial charge in [0.15, 0.2) is 5.13 Å². The van der Waals surface area contributed by atoms with Crippen molar-refractivity contribution in [2.24, 2.45) is 0 Å². The van der Waals surface area contributed by atoms with Gasteiger partial charge in [0.1, 0.15) is 5.82 Å². The Morgan fingerprint density at radius 3 is 3.11 bits per heavy atom. The normalized spacial score (nSPS) is 14.6. The van der Waals surface area contributed by atoms with Crippen molar-refractivity contribution in [3.63, 3.8) is 0 Å². The van der Waals surface area contributed by atoms with E-state index in [0.29, 0.717) is 22.0 Å². The Bertz CT molecular complexity index is 589. The van der Waals surface area contributed by atoms with E-state index in [1.807, 2.05) is 12.3 Å². The van der Waals surface area contributed by atoms with Crippen LogP contribution in [0.1, 0.15) is 30.3 Å². The quantitative estimate of drug-likeness (QED) is 0.826. The van der Waals surface area contributed by atoms with Crippen LogP contribution in [0.15, 0.2) is 10.5 Å². The van der Waals surface area contributed by atoms with Crippen LogP contribution in [0.5, 0.6) is 0 Å². The van der Waals surface area contributed by atoms with Gasteiger partial charge >= 0.3 is 0 Å². The van der Waals surface area contributed by atoms with Gasteiger partial charge < -0.3 is 5.32 Å². The minimum atomic E-state index is -0.0860. The molecule has 19 heavy (non-hydrogen) atoms. The number of amides is 1. The Labute approximate surface area is 118 Å². The zero-order valence-electron chi connectivity index (χ0n) is 10.3. The smallest absolute Gasteiger partial charge is 0.236 e. The Balaban J connectivity index is 1.49. The lowest BCUT2D eigenvalue weighted by Gasteiger charge is -1.98. The SMILES string of the molecule is Cc1csc(NC(=O)CSc2n[nH]c(C3CC3)n2)n1. The third-order valence-electron chi connectivity index (χ3n) is 2.64. The minimum absolute atomic E-state index is 0.0860. The lowest BCUT2D eigenvalue weighted by Crippen LogP contribution is -2.13. The van der Waals surface area contributed by atoms with E-state index in [1.54, 1.807) is 0 Å². The van der Waals surface area contributed by atoms with Crippen LogP contribution in [-0.2, 0) is 4.79 Å². The number of rotatable bonds is 5. The zero-order valence-corrected chi connectivity index (χ0v) is 12.0. The van der Waals surface area contributed by atoms with E-state index in [-0.39, 0.29) is 5.91 Å². The van der Waals surface area contributed by atoms with Crippen molar-refractivity contribution in [2.75, 3.05) is 11.1 Å². The van der Waals surface area contributed by atoms with Crippen LogP contribution >= 0.6 is 23.1 Å². The van der Waals surface area contributed by atoms with Crippen molar-refractivity contribution in [3.05, 3.63) is 16.9 Å². The molecule has 1 aliphatic rings. The largest absolute Gasteiger partial charge is 0.301 e. The highest BCUT2D eigenvalue weighted by atomic mass is 32.2. The van der Waals surface area contributed by atoms with Gasteiger partial charge in [0.05, 0.1) is 11.4 Å². The van der Waals surface area contributed by atoms with Crippen LogP contribution in [0.4, 0.5) is 5.13 Å². The molecule has 2 N–H and O–H groups in total. The van der Waals surface area contributed by atoms with Crippen LogP contribution in [0.25, 0.3) is 0 Å². The van der Waals surface area contributed by atoms with Crippen LogP contribution in [0, 0.1) is 6.92 Å². The number of carbonyl (C=O) groups is 1. The Morgan fingerprint density at radius 2 is 2.42 bits per heavy atom. The number of carbonyl (C=O) groups excluding carboxylic acids is 1. The van der Waals surface area contributed by atoms with E-state index in [9.17, 15) is 4.79 Å². The summed E-state index contributed by atoms with van der Waals surface area (Å²) in [6, 6.07) is 0. The second-order valence-corrected chi connectivity index (χ2v) is 6.21. The van der Waals surface area contributed by atoms with Gasteiger partial charge in [-0.1, -0.05) is 11.8 Å². The number of anilines is 1. The maximum atomic E-state index is 11.7. The Hall–Kier alpha value is -1.41. The van der Waals surface area contributed by atoms with E-state index in [0.717, 1.165) is 11.5 Å².